The van der Waals surface area contributed by atoms with Crippen molar-refractivity contribution in [2.45, 2.75) is 5.92 Å². The van der Waals surface area contributed by atoms with Crippen molar-refractivity contribution in [2.24, 2.45) is 5.73 Å². The lowest BCUT2D eigenvalue weighted by Gasteiger charge is -2.08. The predicted octanol–water partition coefficient (Wildman–Crippen LogP) is 1.33. The van der Waals surface area contributed by atoms with E-state index in [9.17, 15) is 13.6 Å². The molecule has 0 fully saturated rings. The van der Waals surface area contributed by atoms with Crippen molar-refractivity contribution < 1.29 is 13.6 Å². The summed E-state index contributed by atoms with van der Waals surface area (Å²) in [4.78, 5) is 9.88. The van der Waals surface area contributed by atoms with Gasteiger partial charge < -0.3 is 5.73 Å². The first-order valence-electron chi connectivity index (χ1n) is 2.77. The lowest BCUT2D eigenvalue weighted by atomic mass is 10.3. The van der Waals surface area contributed by atoms with Crippen LogP contribution >= 0.6 is 11.3 Å². The smallest absolute Gasteiger partial charge is 0.358 e. The van der Waals surface area contributed by atoms with Crippen LogP contribution in [0.15, 0.2) is 17.5 Å². The van der Waals surface area contributed by atoms with Crippen LogP contribution in [0, 0.1) is 0 Å². The first-order valence-corrected chi connectivity index (χ1v) is 3.65. The summed E-state index contributed by atoms with van der Waals surface area (Å²) in [6.07, 6.45) is 0. The molecule has 1 aromatic rings. The minimum absolute atomic E-state index is 0.315. The molecule has 0 aromatic carbocycles. The predicted molar refractivity (Wildman–Crippen MR) is 37.4 cm³/mol. The fourth-order valence-electron chi connectivity index (χ4n) is 0.579. The highest BCUT2D eigenvalue weighted by Gasteiger charge is 2.39. The van der Waals surface area contributed by atoms with E-state index in [1.54, 1.807) is 0 Å². The molecule has 1 rings (SSSR count). The Morgan fingerprint density at radius 1 is 1.64 bits per heavy atom. The number of nitrogens with two attached hydrogens (primary N) is 1. The number of amides is 1. The zero-order valence-electron chi connectivity index (χ0n) is 5.38. The number of hydrogen-bond acceptors (Lipinski definition) is 2. The Balaban J connectivity index is 3.00. The minimum atomic E-state index is -3.52. The zero-order chi connectivity index (χ0) is 8.48. The Morgan fingerprint density at radius 2 is 2.27 bits per heavy atom. The number of rotatable bonds is 2. The third-order valence-electron chi connectivity index (χ3n) is 1.14. The van der Waals surface area contributed by atoms with E-state index in [4.69, 9.17) is 0 Å². The van der Waals surface area contributed by atoms with Gasteiger partial charge in [-0.2, -0.15) is 8.78 Å². The summed E-state index contributed by atoms with van der Waals surface area (Å²) < 4.78 is 25.3. The topological polar surface area (TPSA) is 43.1 Å². The van der Waals surface area contributed by atoms with E-state index in [-0.39, 0.29) is 4.88 Å². The highest BCUT2D eigenvalue weighted by atomic mass is 32.1. The van der Waals surface area contributed by atoms with Crippen LogP contribution in [0.5, 0.6) is 0 Å². The first kappa shape index (κ1) is 8.13. The number of carbonyl (C=O) groups is 1. The molecule has 60 valence electrons. The number of alkyl halides is 2. The molecule has 5 heteroatoms. The van der Waals surface area contributed by atoms with Crippen molar-refractivity contribution in [3.8, 4) is 0 Å². The summed E-state index contributed by atoms with van der Waals surface area (Å²) in [5.41, 5.74) is 4.48. The van der Waals surface area contributed by atoms with Crippen LogP contribution in [0.1, 0.15) is 4.88 Å². The molecule has 0 saturated heterocycles. The van der Waals surface area contributed by atoms with E-state index in [2.05, 4.69) is 5.73 Å². The zero-order valence-corrected chi connectivity index (χ0v) is 6.20. The molecular formula is C6H5F2NOS. The Kier molecular flexibility index (Phi) is 1.90. The maximum atomic E-state index is 12.6. The molecule has 0 saturated carbocycles. The van der Waals surface area contributed by atoms with Gasteiger partial charge in [-0.3, -0.25) is 4.79 Å². The molecule has 1 heterocycles. The van der Waals surface area contributed by atoms with E-state index in [1.807, 2.05) is 0 Å². The molecule has 2 nitrogen and oxygen atoms in total. The van der Waals surface area contributed by atoms with E-state index in [0.29, 0.717) is 0 Å². The van der Waals surface area contributed by atoms with Gasteiger partial charge in [-0.15, -0.1) is 11.3 Å². The Labute approximate surface area is 65.6 Å². The molecular weight excluding hydrogens is 172 g/mol. The number of carbonyl (C=O) groups excluding carboxylic acids is 1. The van der Waals surface area contributed by atoms with E-state index in [0.717, 1.165) is 11.3 Å². The van der Waals surface area contributed by atoms with Crippen LogP contribution in [0.2, 0.25) is 0 Å². The summed E-state index contributed by atoms with van der Waals surface area (Å²) in [5, 5.41) is 1.46. The van der Waals surface area contributed by atoms with Crippen LogP contribution in [-0.4, -0.2) is 5.91 Å². The highest BCUT2D eigenvalue weighted by Crippen LogP contribution is 2.30. The molecule has 0 bridgehead atoms. The summed E-state index contributed by atoms with van der Waals surface area (Å²) >= 11 is 0.807. The highest BCUT2D eigenvalue weighted by molar-refractivity contribution is 7.10. The van der Waals surface area contributed by atoms with Crippen molar-refractivity contribution in [1.29, 1.82) is 0 Å². The monoisotopic (exact) mass is 177 g/mol. The summed E-state index contributed by atoms with van der Waals surface area (Å²) in [6, 6.07) is 2.62. The van der Waals surface area contributed by atoms with Gasteiger partial charge in [-0.1, -0.05) is 6.07 Å². The Hall–Kier alpha value is -0.970. The normalized spacial score (nSPS) is 11.5. The van der Waals surface area contributed by atoms with Gasteiger partial charge >= 0.3 is 5.92 Å². The van der Waals surface area contributed by atoms with Crippen molar-refractivity contribution in [3.63, 3.8) is 0 Å². The molecule has 0 atom stereocenters. The first-order chi connectivity index (χ1) is 5.05. The van der Waals surface area contributed by atoms with Crippen molar-refractivity contribution in [3.05, 3.63) is 22.4 Å². The summed E-state index contributed by atoms with van der Waals surface area (Å²) in [6.45, 7) is 0. The van der Waals surface area contributed by atoms with Crippen LogP contribution < -0.4 is 5.73 Å². The Bertz CT molecular complexity index is 258. The van der Waals surface area contributed by atoms with Gasteiger partial charge in [-0.25, -0.2) is 0 Å². The summed E-state index contributed by atoms with van der Waals surface area (Å²) in [5.74, 6) is -5.13. The molecule has 1 amide bonds. The second kappa shape index (κ2) is 2.58. The Morgan fingerprint density at radius 3 is 2.64 bits per heavy atom. The standard InChI is InChI=1S/C6H5F2NOS/c7-6(8,5(9)10)4-2-1-3-11-4/h1-3H,(H2,9,10). The maximum Gasteiger partial charge on any atom is 0.358 e. The van der Waals surface area contributed by atoms with Gasteiger partial charge in [-0.05, 0) is 11.4 Å². The molecule has 0 radical (unpaired) electrons. The number of hydrogen-bond donors (Lipinski definition) is 1. The lowest BCUT2D eigenvalue weighted by Crippen LogP contribution is -2.31. The molecule has 0 aliphatic carbocycles. The van der Waals surface area contributed by atoms with Crippen molar-refractivity contribution >= 4 is 17.2 Å². The fraction of sp³-hybridized carbons (Fsp3) is 0.167. The molecule has 0 spiro atoms. The number of primary amides is 1. The van der Waals surface area contributed by atoms with Gasteiger partial charge in [0.05, 0.1) is 4.88 Å². The van der Waals surface area contributed by atoms with Crippen LogP contribution in [-0.2, 0) is 10.7 Å². The van der Waals surface area contributed by atoms with Gasteiger partial charge in [0.25, 0.3) is 5.91 Å². The van der Waals surface area contributed by atoms with Crippen molar-refractivity contribution in [1.82, 2.24) is 0 Å². The molecule has 2 N–H and O–H groups in total. The molecule has 0 unspecified atom stereocenters. The SMILES string of the molecule is NC(=O)C(F)(F)c1cccs1. The van der Waals surface area contributed by atoms with Gasteiger partial charge in [0.15, 0.2) is 0 Å². The van der Waals surface area contributed by atoms with Gasteiger partial charge in [0.2, 0.25) is 0 Å². The third kappa shape index (κ3) is 1.37. The second-order valence-electron chi connectivity index (χ2n) is 1.92. The average Bonchev–Trinajstić information content (AvgIpc) is 2.37. The van der Waals surface area contributed by atoms with E-state index >= 15 is 0 Å². The van der Waals surface area contributed by atoms with Crippen LogP contribution in [0.4, 0.5) is 8.78 Å². The van der Waals surface area contributed by atoms with Gasteiger partial charge in [0.1, 0.15) is 0 Å². The number of halogens is 2. The molecule has 0 aliphatic heterocycles. The third-order valence-corrected chi connectivity index (χ3v) is 2.08. The molecule has 0 aliphatic rings. The van der Waals surface area contributed by atoms with Crippen molar-refractivity contribution in [2.75, 3.05) is 0 Å². The van der Waals surface area contributed by atoms with Crippen LogP contribution in [0.3, 0.4) is 0 Å². The molecule has 1 aromatic heterocycles. The van der Waals surface area contributed by atoms with E-state index in [1.165, 1.54) is 17.5 Å². The van der Waals surface area contributed by atoms with Gasteiger partial charge in [0, 0.05) is 0 Å². The summed E-state index contributed by atoms with van der Waals surface area (Å²) in [7, 11) is 0. The quantitative estimate of drug-likeness (QED) is 0.727. The largest absolute Gasteiger partial charge is 0.364 e. The van der Waals surface area contributed by atoms with Crippen LogP contribution in [0.25, 0.3) is 0 Å². The number of thiophene rings is 1. The lowest BCUT2D eigenvalue weighted by molar-refractivity contribution is -0.142. The maximum absolute atomic E-state index is 12.6. The minimum Gasteiger partial charge on any atom is -0.364 e. The second-order valence-corrected chi connectivity index (χ2v) is 2.86. The molecule has 11 heavy (non-hydrogen) atoms. The average molecular weight is 177 g/mol. The van der Waals surface area contributed by atoms with E-state index < -0.39 is 11.8 Å². The fourth-order valence-corrected chi connectivity index (χ4v) is 1.29.